The van der Waals surface area contributed by atoms with Gasteiger partial charge in [0.05, 0.1) is 0 Å². The summed E-state index contributed by atoms with van der Waals surface area (Å²) < 4.78 is 0. The van der Waals surface area contributed by atoms with Crippen LogP contribution in [0, 0.1) is 0 Å². The summed E-state index contributed by atoms with van der Waals surface area (Å²) in [5.41, 5.74) is 0. The van der Waals surface area contributed by atoms with Crippen LogP contribution in [0.3, 0.4) is 0 Å². The van der Waals surface area contributed by atoms with Crippen molar-refractivity contribution in [3.8, 4) is 0 Å². The normalized spacial score (nSPS) is 16.2. The van der Waals surface area contributed by atoms with Crippen LogP contribution in [0.1, 0.15) is 129 Å². The van der Waals surface area contributed by atoms with E-state index in [-0.39, 0.29) is 17.9 Å². The predicted molar refractivity (Wildman–Crippen MR) is 214 cm³/mol. The molecule has 1 aliphatic rings. The van der Waals surface area contributed by atoms with Crippen molar-refractivity contribution >= 4 is 11.8 Å². The molecule has 1 atom stereocenters. The summed E-state index contributed by atoms with van der Waals surface area (Å²) in [6.07, 6.45) is 60.7. The second-order valence-electron chi connectivity index (χ2n) is 12.4. The number of unbranched alkanes of at least 4 members (excludes halogenated alkanes) is 2. The molecule has 0 spiro atoms. The Morgan fingerprint density at radius 2 is 0.898 bits per heavy atom. The maximum Gasteiger partial charge on any atom is 0.222 e. The lowest BCUT2D eigenvalue weighted by Gasteiger charge is -2.25. The van der Waals surface area contributed by atoms with Crippen molar-refractivity contribution in [1.29, 1.82) is 0 Å². The lowest BCUT2D eigenvalue weighted by Crippen LogP contribution is -2.43. The van der Waals surface area contributed by atoms with E-state index in [1.165, 1.54) is 0 Å². The van der Waals surface area contributed by atoms with E-state index >= 15 is 0 Å². The number of allylic oxidation sites excluding steroid dienone is 20. The number of carbonyl (C=O) groups excluding carboxylic acids is 2. The summed E-state index contributed by atoms with van der Waals surface area (Å²) in [5.74, 6) is 0.313. The highest BCUT2D eigenvalue weighted by Crippen LogP contribution is 2.19. The molecule has 270 valence electrons. The van der Waals surface area contributed by atoms with E-state index in [0.717, 1.165) is 109 Å². The minimum atomic E-state index is 0.0880. The fourth-order valence-electron chi connectivity index (χ4n) is 5.33. The number of hydrogen-bond acceptors (Lipinski definition) is 2. The van der Waals surface area contributed by atoms with E-state index in [0.29, 0.717) is 19.4 Å². The summed E-state index contributed by atoms with van der Waals surface area (Å²) in [7, 11) is 0. The topological polar surface area (TPSA) is 49.4 Å². The van der Waals surface area contributed by atoms with Crippen molar-refractivity contribution in [2.45, 2.75) is 135 Å². The quantitative estimate of drug-likeness (QED) is 0.0666. The van der Waals surface area contributed by atoms with Gasteiger partial charge in [-0.3, -0.25) is 9.59 Å². The molecule has 1 N–H and O–H groups in total. The fourth-order valence-corrected chi connectivity index (χ4v) is 5.33. The van der Waals surface area contributed by atoms with Crippen LogP contribution in [0.4, 0.5) is 0 Å². The van der Waals surface area contributed by atoms with Gasteiger partial charge < -0.3 is 10.2 Å². The largest absolute Gasteiger partial charge is 0.354 e. The number of nitrogens with zero attached hydrogens (tertiary/aromatic N) is 1. The molecule has 1 rings (SSSR count). The zero-order valence-electron chi connectivity index (χ0n) is 31.0. The van der Waals surface area contributed by atoms with Crippen molar-refractivity contribution in [3.63, 3.8) is 0 Å². The molecule has 0 radical (unpaired) electrons. The lowest BCUT2D eigenvalue weighted by atomic mass is 10.1. The highest BCUT2D eigenvalue weighted by atomic mass is 16.2. The standard InChI is InChI=1S/C45H68N2O2/c1-3-5-7-9-11-13-15-17-19-21-23-25-27-29-31-33-35-39-44(48)46-42-43-38-37-41-47(43)45(49)40-36-34-32-30-28-26-24-22-20-18-16-14-12-10-8-6-4-2/h5-8,11-14,17-20,23-26,29-32,43H,3-4,9-10,15-16,21-22,27-28,33-42H2,1-2H3,(H,46,48)/b7-5-,8-6-,13-11-,14-12-,19-17-,20-18-,25-23-,26-24-,31-29-,32-30-. The molecule has 1 heterocycles. The highest BCUT2D eigenvalue weighted by Gasteiger charge is 2.28. The number of likely N-dealkylation sites (tertiary alicyclic amines) is 1. The molecule has 0 bridgehead atoms. The van der Waals surface area contributed by atoms with Crippen molar-refractivity contribution in [2.24, 2.45) is 0 Å². The molecule has 4 heteroatoms. The molecule has 1 aliphatic heterocycles. The molecule has 0 aromatic rings. The lowest BCUT2D eigenvalue weighted by molar-refractivity contribution is -0.132. The summed E-state index contributed by atoms with van der Waals surface area (Å²) in [4.78, 5) is 27.2. The first kappa shape index (κ1) is 43.4. The van der Waals surface area contributed by atoms with Gasteiger partial charge in [-0.1, -0.05) is 135 Å². The average Bonchev–Trinajstić information content (AvgIpc) is 3.59. The minimum absolute atomic E-state index is 0.0880. The van der Waals surface area contributed by atoms with Gasteiger partial charge in [0.2, 0.25) is 11.8 Å². The van der Waals surface area contributed by atoms with Crippen LogP contribution >= 0.6 is 0 Å². The summed E-state index contributed by atoms with van der Waals surface area (Å²) in [6, 6.07) is 0.135. The average molecular weight is 669 g/mol. The smallest absolute Gasteiger partial charge is 0.222 e. The summed E-state index contributed by atoms with van der Waals surface area (Å²) >= 11 is 0. The number of nitrogens with one attached hydrogen (secondary N) is 1. The summed E-state index contributed by atoms with van der Waals surface area (Å²) in [5, 5.41) is 3.08. The molecule has 0 aromatic heterocycles. The first-order valence-electron chi connectivity index (χ1n) is 19.2. The Morgan fingerprint density at radius 3 is 1.31 bits per heavy atom. The maximum atomic E-state index is 12.9. The zero-order valence-corrected chi connectivity index (χ0v) is 31.0. The van der Waals surface area contributed by atoms with Crippen LogP contribution in [0.5, 0.6) is 0 Å². The maximum absolute atomic E-state index is 12.9. The van der Waals surface area contributed by atoms with Crippen LogP contribution in [0.15, 0.2) is 122 Å². The van der Waals surface area contributed by atoms with E-state index in [1.807, 2.05) is 4.90 Å². The predicted octanol–water partition coefficient (Wildman–Crippen LogP) is 11.9. The van der Waals surface area contributed by atoms with Gasteiger partial charge in [0.25, 0.3) is 0 Å². The molecule has 2 amide bonds. The van der Waals surface area contributed by atoms with Crippen molar-refractivity contribution in [2.75, 3.05) is 13.1 Å². The van der Waals surface area contributed by atoms with E-state index in [2.05, 4.69) is 141 Å². The van der Waals surface area contributed by atoms with Crippen LogP contribution < -0.4 is 5.32 Å². The third-order valence-electron chi connectivity index (χ3n) is 8.08. The monoisotopic (exact) mass is 669 g/mol. The van der Waals surface area contributed by atoms with Gasteiger partial charge in [-0.15, -0.1) is 0 Å². The third kappa shape index (κ3) is 27.9. The van der Waals surface area contributed by atoms with E-state index < -0.39 is 0 Å². The van der Waals surface area contributed by atoms with Crippen LogP contribution in [0.25, 0.3) is 0 Å². The minimum Gasteiger partial charge on any atom is -0.354 e. The van der Waals surface area contributed by atoms with Gasteiger partial charge in [0, 0.05) is 32.0 Å². The van der Waals surface area contributed by atoms with Gasteiger partial charge in [0.15, 0.2) is 0 Å². The second kappa shape index (κ2) is 34.2. The third-order valence-corrected chi connectivity index (χ3v) is 8.08. The highest BCUT2D eigenvalue weighted by molar-refractivity contribution is 5.77. The van der Waals surface area contributed by atoms with Crippen molar-refractivity contribution < 1.29 is 9.59 Å². The Hall–Kier alpha value is -3.66. The second-order valence-corrected chi connectivity index (χ2v) is 12.4. The first-order valence-corrected chi connectivity index (χ1v) is 19.2. The first-order chi connectivity index (χ1) is 24.2. The molecule has 1 unspecified atom stereocenters. The van der Waals surface area contributed by atoms with E-state index in [4.69, 9.17) is 0 Å². The number of carbonyl (C=O) groups is 2. The molecule has 1 fully saturated rings. The number of rotatable bonds is 28. The Balaban J connectivity index is 2.07. The molecule has 4 nitrogen and oxygen atoms in total. The Kier molecular flexibility index (Phi) is 30.3. The van der Waals surface area contributed by atoms with Crippen LogP contribution in [-0.4, -0.2) is 35.8 Å². The van der Waals surface area contributed by atoms with Gasteiger partial charge in [-0.05, 0) is 103 Å². The SMILES string of the molecule is CC/C=C\C/C=C\C/C=C\C/C=C\C/C=C\CCCC(=O)NCC1CCCN1C(=O)CCC/C=C\C/C=C\C/C=C\C/C=C\C/C=C\CC. The Labute approximate surface area is 301 Å². The number of hydrogen-bond donors (Lipinski definition) is 1. The van der Waals surface area contributed by atoms with Crippen molar-refractivity contribution in [3.05, 3.63) is 122 Å². The van der Waals surface area contributed by atoms with Gasteiger partial charge >= 0.3 is 0 Å². The Morgan fingerprint density at radius 1 is 0.531 bits per heavy atom. The van der Waals surface area contributed by atoms with Crippen LogP contribution in [0.2, 0.25) is 0 Å². The Bertz CT molecular complexity index is 1130. The van der Waals surface area contributed by atoms with Gasteiger partial charge in [-0.25, -0.2) is 0 Å². The molecule has 49 heavy (non-hydrogen) atoms. The van der Waals surface area contributed by atoms with E-state index in [1.54, 1.807) is 0 Å². The fraction of sp³-hybridized carbons (Fsp3) is 0.511. The van der Waals surface area contributed by atoms with Gasteiger partial charge in [-0.2, -0.15) is 0 Å². The number of amides is 2. The molecule has 0 aromatic carbocycles. The van der Waals surface area contributed by atoms with Crippen LogP contribution in [-0.2, 0) is 9.59 Å². The molecule has 0 saturated carbocycles. The van der Waals surface area contributed by atoms with E-state index in [9.17, 15) is 9.59 Å². The molecule has 1 saturated heterocycles. The van der Waals surface area contributed by atoms with Gasteiger partial charge in [0.1, 0.15) is 0 Å². The van der Waals surface area contributed by atoms with Crippen molar-refractivity contribution in [1.82, 2.24) is 10.2 Å². The zero-order chi connectivity index (χ0) is 35.3. The molecular formula is C45H68N2O2. The molecule has 0 aliphatic carbocycles. The molecular weight excluding hydrogens is 601 g/mol. The summed E-state index contributed by atoms with van der Waals surface area (Å²) in [6.45, 7) is 5.69.